The van der Waals surface area contributed by atoms with Gasteiger partial charge in [-0.1, -0.05) is 41.2 Å². The molecule has 0 saturated carbocycles. The van der Waals surface area contributed by atoms with Gasteiger partial charge in [0.1, 0.15) is 0 Å². The van der Waals surface area contributed by atoms with Crippen LogP contribution in [0, 0.1) is 5.92 Å². The van der Waals surface area contributed by atoms with E-state index >= 15 is 0 Å². The lowest BCUT2D eigenvalue weighted by molar-refractivity contribution is 0.0651. The van der Waals surface area contributed by atoms with Gasteiger partial charge in [-0.2, -0.15) is 0 Å². The van der Waals surface area contributed by atoms with E-state index in [0.717, 1.165) is 51.1 Å². The fourth-order valence-corrected chi connectivity index (χ4v) is 5.14. The number of nitrogens with zero attached hydrogens (tertiary/aromatic N) is 4. The first-order valence-corrected chi connectivity index (χ1v) is 13.3. The van der Waals surface area contributed by atoms with Crippen LogP contribution in [0.3, 0.4) is 0 Å². The number of amides is 1. The van der Waals surface area contributed by atoms with Gasteiger partial charge in [0.25, 0.3) is 5.88 Å². The standard InChI is InChI=1S/C27H40N6O4/c1-3-7-21(2)31-14-16-32(17-15-31)27(36)37-33-25(34)24(29-26(33)35)19-28-18-22-10-12-30(13-11-22)20-23-8-5-4-6-9-23/h3-5,7-8,22,28,34H,1,6,9-20H2,2H3,(H,29,35). The van der Waals surface area contributed by atoms with E-state index < -0.39 is 11.8 Å². The lowest BCUT2D eigenvalue weighted by Gasteiger charge is -2.35. The van der Waals surface area contributed by atoms with Crippen molar-refractivity contribution in [2.24, 2.45) is 5.92 Å². The number of aromatic nitrogens is 2. The van der Waals surface area contributed by atoms with Crippen molar-refractivity contribution < 1.29 is 14.7 Å². The molecule has 1 aromatic heterocycles. The SMILES string of the molecule is C=CC=C(C)N1CCN(C(=O)On2c(O)c(CNCC3CCN(CC4=CC=CCC4)CC3)[nH]c2=O)CC1. The van der Waals surface area contributed by atoms with Crippen molar-refractivity contribution in [3.05, 3.63) is 64.4 Å². The zero-order valence-electron chi connectivity index (χ0n) is 21.8. The number of carbonyl (C=O) groups excluding carboxylic acids is 1. The van der Waals surface area contributed by atoms with Gasteiger partial charge < -0.3 is 30.0 Å². The predicted octanol–water partition coefficient (Wildman–Crippen LogP) is 2.22. The van der Waals surface area contributed by atoms with Crippen LogP contribution in [-0.4, -0.2) is 88.0 Å². The molecule has 2 fully saturated rings. The molecule has 10 nitrogen and oxygen atoms in total. The third-order valence-corrected chi connectivity index (χ3v) is 7.44. The normalized spacial score (nSPS) is 19.7. The average molecular weight is 513 g/mol. The Kier molecular flexibility index (Phi) is 9.29. The second-order valence-electron chi connectivity index (χ2n) is 10.0. The summed E-state index contributed by atoms with van der Waals surface area (Å²) in [6.45, 7) is 12.3. The van der Waals surface area contributed by atoms with Crippen LogP contribution in [0.5, 0.6) is 5.88 Å². The molecule has 0 radical (unpaired) electrons. The largest absolute Gasteiger partial charge is 0.491 e. The smallest absolute Gasteiger partial charge is 0.434 e. The van der Waals surface area contributed by atoms with Gasteiger partial charge in [0.05, 0.1) is 5.69 Å². The van der Waals surface area contributed by atoms with Crippen LogP contribution in [0.2, 0.25) is 0 Å². The fourth-order valence-electron chi connectivity index (χ4n) is 5.14. The van der Waals surface area contributed by atoms with Gasteiger partial charge in [-0.3, -0.25) is 4.90 Å². The Balaban J connectivity index is 1.20. The predicted molar refractivity (Wildman–Crippen MR) is 143 cm³/mol. The Bertz CT molecular complexity index is 1080. The average Bonchev–Trinajstić information content (AvgIpc) is 3.18. The summed E-state index contributed by atoms with van der Waals surface area (Å²) in [5, 5.41) is 13.9. The van der Waals surface area contributed by atoms with Crippen molar-refractivity contribution in [2.45, 2.75) is 39.2 Å². The van der Waals surface area contributed by atoms with E-state index in [4.69, 9.17) is 4.84 Å². The summed E-state index contributed by atoms with van der Waals surface area (Å²) >= 11 is 0. The van der Waals surface area contributed by atoms with Crippen molar-refractivity contribution in [1.29, 1.82) is 0 Å². The molecule has 0 unspecified atom stereocenters. The van der Waals surface area contributed by atoms with Gasteiger partial charge in [-0.25, -0.2) is 9.59 Å². The molecule has 3 heterocycles. The number of hydrogen-bond donors (Lipinski definition) is 3. The van der Waals surface area contributed by atoms with Gasteiger partial charge in [-0.15, -0.1) is 0 Å². The molecule has 1 aromatic rings. The fraction of sp³-hybridized carbons (Fsp3) is 0.556. The zero-order valence-corrected chi connectivity index (χ0v) is 21.8. The zero-order chi connectivity index (χ0) is 26.2. The number of rotatable bonds is 9. The first kappa shape index (κ1) is 26.8. The monoisotopic (exact) mass is 512 g/mol. The molecule has 3 N–H and O–H groups in total. The number of likely N-dealkylation sites (tertiary alicyclic amines) is 1. The van der Waals surface area contributed by atoms with Crippen LogP contribution in [0.25, 0.3) is 0 Å². The minimum absolute atomic E-state index is 0.290. The van der Waals surface area contributed by atoms with Crippen molar-refractivity contribution in [3.63, 3.8) is 0 Å². The van der Waals surface area contributed by atoms with E-state index in [0.29, 0.717) is 49.1 Å². The number of aromatic amines is 1. The number of H-pyrrole nitrogens is 1. The molecule has 0 aromatic carbocycles. The number of imidazole rings is 1. The molecule has 10 heteroatoms. The van der Waals surface area contributed by atoms with Crippen molar-refractivity contribution in [1.82, 2.24) is 29.7 Å². The molecule has 37 heavy (non-hydrogen) atoms. The van der Waals surface area contributed by atoms with Gasteiger partial charge in [0, 0.05) is 45.0 Å². The molecule has 1 amide bonds. The summed E-state index contributed by atoms with van der Waals surface area (Å²) in [5.74, 6) is 0.174. The lowest BCUT2D eigenvalue weighted by Crippen LogP contribution is -2.50. The number of hydrogen-bond acceptors (Lipinski definition) is 7. The van der Waals surface area contributed by atoms with Crippen LogP contribution in [0.1, 0.15) is 38.3 Å². The molecule has 2 saturated heterocycles. The third kappa shape index (κ3) is 7.17. The van der Waals surface area contributed by atoms with Crippen LogP contribution < -0.4 is 15.8 Å². The first-order valence-electron chi connectivity index (χ1n) is 13.3. The highest BCUT2D eigenvalue weighted by atomic mass is 16.7. The maximum Gasteiger partial charge on any atom is 0.434 e. The number of piperazine rings is 1. The summed E-state index contributed by atoms with van der Waals surface area (Å²) in [6, 6.07) is 0. The lowest BCUT2D eigenvalue weighted by atomic mass is 9.95. The highest BCUT2D eigenvalue weighted by Gasteiger charge is 2.26. The molecule has 1 aliphatic carbocycles. The van der Waals surface area contributed by atoms with Crippen molar-refractivity contribution >= 4 is 6.09 Å². The number of piperidine rings is 1. The second-order valence-corrected chi connectivity index (χ2v) is 10.0. The maximum atomic E-state index is 12.6. The molecule has 0 atom stereocenters. The minimum atomic E-state index is -0.675. The molecule has 4 rings (SSSR count). The van der Waals surface area contributed by atoms with E-state index in [1.165, 1.54) is 16.9 Å². The van der Waals surface area contributed by atoms with Crippen molar-refractivity contribution in [3.8, 4) is 5.88 Å². The Morgan fingerprint density at radius 1 is 1.22 bits per heavy atom. The topological polar surface area (TPSA) is 106 Å². The summed E-state index contributed by atoms with van der Waals surface area (Å²) in [6.07, 6.45) is 14.2. The van der Waals surface area contributed by atoms with E-state index in [1.54, 1.807) is 6.08 Å². The van der Waals surface area contributed by atoms with Gasteiger partial charge in [0.15, 0.2) is 0 Å². The van der Waals surface area contributed by atoms with Gasteiger partial charge in [0.2, 0.25) is 0 Å². The van der Waals surface area contributed by atoms with Gasteiger partial charge >= 0.3 is 11.8 Å². The summed E-state index contributed by atoms with van der Waals surface area (Å²) in [4.78, 5) is 39.0. The van der Waals surface area contributed by atoms with Crippen LogP contribution in [0.4, 0.5) is 4.79 Å². The maximum absolute atomic E-state index is 12.6. The highest BCUT2D eigenvalue weighted by molar-refractivity contribution is 5.68. The quantitative estimate of drug-likeness (QED) is 0.436. The Hall–Kier alpha value is -3.24. The molecule has 0 spiro atoms. The first-order chi connectivity index (χ1) is 17.9. The number of nitrogens with one attached hydrogen (secondary N) is 2. The Morgan fingerprint density at radius 3 is 2.62 bits per heavy atom. The van der Waals surface area contributed by atoms with Crippen LogP contribution in [0.15, 0.2) is 53.0 Å². The molecule has 3 aliphatic rings. The van der Waals surface area contributed by atoms with Crippen LogP contribution >= 0.6 is 0 Å². The summed E-state index contributed by atoms with van der Waals surface area (Å²) in [5.41, 5.74) is 2.23. The Morgan fingerprint density at radius 2 is 1.95 bits per heavy atom. The number of aromatic hydroxyl groups is 1. The van der Waals surface area contributed by atoms with E-state index in [9.17, 15) is 14.7 Å². The molecule has 2 aliphatic heterocycles. The van der Waals surface area contributed by atoms with Gasteiger partial charge in [-0.05, 0) is 64.2 Å². The number of allylic oxidation sites excluding steroid dienone is 6. The molecular formula is C27H40N6O4. The highest BCUT2D eigenvalue weighted by Crippen LogP contribution is 2.20. The summed E-state index contributed by atoms with van der Waals surface area (Å²) < 4.78 is 0.641. The molecular weight excluding hydrogens is 472 g/mol. The van der Waals surface area contributed by atoms with E-state index in [1.807, 2.05) is 13.0 Å². The minimum Gasteiger partial charge on any atom is -0.491 e. The van der Waals surface area contributed by atoms with Crippen LogP contribution in [-0.2, 0) is 6.54 Å². The Labute approximate surface area is 218 Å². The number of carbonyl (C=O) groups is 1. The van der Waals surface area contributed by atoms with E-state index in [-0.39, 0.29) is 5.88 Å². The second kappa shape index (κ2) is 12.8. The molecule has 0 bridgehead atoms. The third-order valence-electron chi connectivity index (χ3n) is 7.44. The summed E-state index contributed by atoms with van der Waals surface area (Å²) in [7, 11) is 0. The van der Waals surface area contributed by atoms with E-state index in [2.05, 4.69) is 44.9 Å². The molecule has 202 valence electrons. The van der Waals surface area contributed by atoms with Crippen molar-refractivity contribution in [2.75, 3.05) is 52.4 Å².